The SMILES string of the molecule is O=C1CC[C@@H]([C@H]2CC(=O)O[C@@H]2CCCCl)N1. The Hall–Kier alpha value is -0.770. The van der Waals surface area contributed by atoms with Crippen molar-refractivity contribution >= 4 is 23.5 Å². The van der Waals surface area contributed by atoms with Crippen LogP contribution >= 0.6 is 11.6 Å². The van der Waals surface area contributed by atoms with Crippen molar-refractivity contribution in [2.45, 2.75) is 44.2 Å². The summed E-state index contributed by atoms with van der Waals surface area (Å²) in [6.45, 7) is 0. The van der Waals surface area contributed by atoms with Crippen LogP contribution in [0.1, 0.15) is 32.1 Å². The minimum absolute atomic E-state index is 0.0605. The molecule has 5 heteroatoms. The van der Waals surface area contributed by atoms with Gasteiger partial charge in [-0.3, -0.25) is 9.59 Å². The van der Waals surface area contributed by atoms with Crippen LogP contribution in [0.15, 0.2) is 0 Å². The molecule has 2 aliphatic rings. The molecule has 3 atom stereocenters. The molecule has 0 radical (unpaired) electrons. The normalized spacial score (nSPS) is 33.9. The van der Waals surface area contributed by atoms with E-state index < -0.39 is 0 Å². The molecule has 2 heterocycles. The summed E-state index contributed by atoms with van der Waals surface area (Å²) in [5, 5.41) is 2.92. The third kappa shape index (κ3) is 2.48. The van der Waals surface area contributed by atoms with Crippen molar-refractivity contribution in [3.63, 3.8) is 0 Å². The lowest BCUT2D eigenvalue weighted by Gasteiger charge is -2.22. The molecular formula is C11H16ClNO3. The molecule has 1 N–H and O–H groups in total. The number of halogens is 1. The molecule has 0 aromatic rings. The highest BCUT2D eigenvalue weighted by Crippen LogP contribution is 2.32. The van der Waals surface area contributed by atoms with Gasteiger partial charge >= 0.3 is 5.97 Å². The van der Waals surface area contributed by atoms with Crippen molar-refractivity contribution in [3.8, 4) is 0 Å². The molecule has 16 heavy (non-hydrogen) atoms. The van der Waals surface area contributed by atoms with Crippen molar-refractivity contribution in [2.75, 3.05) is 5.88 Å². The van der Waals surface area contributed by atoms with Crippen LogP contribution in [0.5, 0.6) is 0 Å². The van der Waals surface area contributed by atoms with Crippen molar-refractivity contribution in [2.24, 2.45) is 5.92 Å². The summed E-state index contributed by atoms with van der Waals surface area (Å²) >= 11 is 5.64. The van der Waals surface area contributed by atoms with Gasteiger partial charge in [0.25, 0.3) is 0 Å². The maximum absolute atomic E-state index is 11.3. The van der Waals surface area contributed by atoms with E-state index in [2.05, 4.69) is 5.32 Å². The van der Waals surface area contributed by atoms with Crippen LogP contribution < -0.4 is 5.32 Å². The van der Waals surface area contributed by atoms with Gasteiger partial charge in [-0.1, -0.05) is 0 Å². The summed E-state index contributed by atoms with van der Waals surface area (Å²) in [6.07, 6.45) is 3.39. The topological polar surface area (TPSA) is 55.4 Å². The lowest BCUT2D eigenvalue weighted by atomic mass is 9.89. The van der Waals surface area contributed by atoms with E-state index in [1.165, 1.54) is 0 Å². The zero-order valence-corrected chi connectivity index (χ0v) is 9.83. The molecule has 0 aliphatic carbocycles. The first-order valence-electron chi connectivity index (χ1n) is 5.75. The Balaban J connectivity index is 1.95. The second-order valence-corrected chi connectivity index (χ2v) is 4.82. The maximum atomic E-state index is 11.3. The fourth-order valence-corrected chi connectivity index (χ4v) is 2.69. The average Bonchev–Trinajstić information content (AvgIpc) is 2.81. The molecule has 2 rings (SSSR count). The first-order chi connectivity index (χ1) is 7.70. The van der Waals surface area contributed by atoms with Crippen molar-refractivity contribution < 1.29 is 14.3 Å². The molecule has 4 nitrogen and oxygen atoms in total. The Labute approximate surface area is 99.7 Å². The minimum atomic E-state index is -0.147. The monoisotopic (exact) mass is 245 g/mol. The molecule has 0 bridgehead atoms. The van der Waals surface area contributed by atoms with Crippen LogP contribution in [0.25, 0.3) is 0 Å². The van der Waals surface area contributed by atoms with Crippen molar-refractivity contribution in [1.29, 1.82) is 0 Å². The number of esters is 1. The van der Waals surface area contributed by atoms with Crippen molar-refractivity contribution in [3.05, 3.63) is 0 Å². The lowest BCUT2D eigenvalue weighted by molar-refractivity contribution is -0.141. The summed E-state index contributed by atoms with van der Waals surface area (Å²) in [5.74, 6) is 0.658. The Bertz CT molecular complexity index is 295. The predicted molar refractivity (Wildman–Crippen MR) is 59.1 cm³/mol. The summed E-state index contributed by atoms with van der Waals surface area (Å²) in [5.41, 5.74) is 0. The second kappa shape index (κ2) is 5.04. The molecule has 90 valence electrons. The van der Waals surface area contributed by atoms with Crippen LogP contribution in [0.3, 0.4) is 0 Å². The van der Waals surface area contributed by atoms with Gasteiger partial charge in [0.15, 0.2) is 0 Å². The van der Waals surface area contributed by atoms with E-state index in [4.69, 9.17) is 16.3 Å². The number of hydrogen-bond acceptors (Lipinski definition) is 3. The Morgan fingerprint density at radius 1 is 1.44 bits per heavy atom. The average molecular weight is 246 g/mol. The van der Waals surface area contributed by atoms with E-state index in [0.29, 0.717) is 18.7 Å². The molecule has 2 saturated heterocycles. The van der Waals surface area contributed by atoms with E-state index in [-0.39, 0.29) is 29.9 Å². The third-order valence-electron chi connectivity index (χ3n) is 3.33. The summed E-state index contributed by atoms with van der Waals surface area (Å²) in [7, 11) is 0. The van der Waals surface area contributed by atoms with E-state index in [1.807, 2.05) is 0 Å². The molecule has 0 spiro atoms. The summed E-state index contributed by atoms with van der Waals surface area (Å²) in [4.78, 5) is 22.5. The molecule has 0 aromatic carbocycles. The highest BCUT2D eigenvalue weighted by Gasteiger charge is 2.41. The number of nitrogens with one attached hydrogen (secondary N) is 1. The van der Waals surface area contributed by atoms with Crippen LogP contribution in [-0.4, -0.2) is 29.9 Å². The van der Waals surface area contributed by atoms with Crippen LogP contribution in [0.2, 0.25) is 0 Å². The van der Waals surface area contributed by atoms with Gasteiger partial charge in [-0.25, -0.2) is 0 Å². The number of rotatable bonds is 4. The smallest absolute Gasteiger partial charge is 0.306 e. The van der Waals surface area contributed by atoms with Crippen LogP contribution in [0, 0.1) is 5.92 Å². The van der Waals surface area contributed by atoms with Gasteiger partial charge in [-0.05, 0) is 19.3 Å². The summed E-state index contributed by atoms with van der Waals surface area (Å²) < 4.78 is 5.27. The molecule has 0 saturated carbocycles. The zero-order chi connectivity index (χ0) is 11.5. The van der Waals surface area contributed by atoms with E-state index in [1.54, 1.807) is 0 Å². The van der Waals surface area contributed by atoms with Gasteiger partial charge in [0.2, 0.25) is 5.91 Å². The Kier molecular flexibility index (Phi) is 3.69. The highest BCUT2D eigenvalue weighted by atomic mass is 35.5. The minimum Gasteiger partial charge on any atom is -0.462 e. The lowest BCUT2D eigenvalue weighted by Crippen LogP contribution is -2.37. The number of cyclic esters (lactones) is 1. The molecular weight excluding hydrogens is 230 g/mol. The zero-order valence-electron chi connectivity index (χ0n) is 9.08. The fourth-order valence-electron chi connectivity index (χ4n) is 2.54. The van der Waals surface area contributed by atoms with Crippen LogP contribution in [0.4, 0.5) is 0 Å². The number of carbonyl (C=O) groups is 2. The van der Waals surface area contributed by atoms with Gasteiger partial charge < -0.3 is 10.1 Å². The molecule has 2 fully saturated rings. The van der Waals surface area contributed by atoms with Crippen molar-refractivity contribution in [1.82, 2.24) is 5.32 Å². The molecule has 1 amide bonds. The molecule has 2 aliphatic heterocycles. The Morgan fingerprint density at radius 3 is 2.88 bits per heavy atom. The predicted octanol–water partition coefficient (Wildman–Crippen LogP) is 1.22. The van der Waals surface area contributed by atoms with Gasteiger partial charge in [0.1, 0.15) is 6.10 Å². The van der Waals surface area contributed by atoms with E-state index in [0.717, 1.165) is 19.3 Å². The van der Waals surface area contributed by atoms with Crippen LogP contribution in [-0.2, 0) is 14.3 Å². The number of hydrogen-bond donors (Lipinski definition) is 1. The van der Waals surface area contributed by atoms with Gasteiger partial charge in [-0.2, -0.15) is 0 Å². The number of ether oxygens (including phenoxy) is 1. The molecule has 0 unspecified atom stereocenters. The number of alkyl halides is 1. The largest absolute Gasteiger partial charge is 0.462 e. The second-order valence-electron chi connectivity index (χ2n) is 4.44. The molecule has 0 aromatic heterocycles. The first kappa shape index (κ1) is 11.7. The quantitative estimate of drug-likeness (QED) is 0.599. The number of amides is 1. The highest BCUT2D eigenvalue weighted by molar-refractivity contribution is 6.17. The summed E-state index contributed by atoms with van der Waals surface area (Å²) in [6, 6.07) is 0.110. The van der Waals surface area contributed by atoms with E-state index >= 15 is 0 Å². The third-order valence-corrected chi connectivity index (χ3v) is 3.60. The standard InChI is InChI=1S/C11H16ClNO3/c12-5-1-2-9-7(6-11(15)16-9)8-3-4-10(14)13-8/h7-9H,1-6H2,(H,13,14)/t7-,8+,9-/m1/s1. The fraction of sp³-hybridized carbons (Fsp3) is 0.818. The Morgan fingerprint density at radius 2 is 2.25 bits per heavy atom. The first-order valence-corrected chi connectivity index (χ1v) is 6.29. The van der Waals surface area contributed by atoms with Gasteiger partial charge in [0.05, 0.1) is 6.42 Å². The van der Waals surface area contributed by atoms with Gasteiger partial charge in [-0.15, -0.1) is 11.6 Å². The van der Waals surface area contributed by atoms with Gasteiger partial charge in [0, 0.05) is 24.3 Å². The number of carbonyl (C=O) groups excluding carboxylic acids is 2. The van der Waals surface area contributed by atoms with E-state index in [9.17, 15) is 9.59 Å². The maximum Gasteiger partial charge on any atom is 0.306 e.